The van der Waals surface area contributed by atoms with Crippen LogP contribution in [-0.2, 0) is 6.54 Å². The molecule has 106 valence electrons. The molecule has 2 aromatic heterocycles. The number of rotatable bonds is 4. The summed E-state index contributed by atoms with van der Waals surface area (Å²) in [4.78, 5) is 14.0. The Hall–Kier alpha value is -2.08. The monoisotopic (exact) mass is 275 g/mol. The standard InChI is InChI=1S/C14H17N3O3/c18-10-11-3-1-8-17(11)14(19)13-5-4-12(20-13)9-16-7-2-6-15-16/h2,4-7,11,18H,1,3,8-10H2/t11-/m1/s1. The molecule has 3 rings (SSSR count). The molecule has 1 N–H and O–H groups in total. The molecule has 2 aromatic rings. The lowest BCUT2D eigenvalue weighted by molar-refractivity contribution is 0.0644. The number of carbonyl (C=O) groups is 1. The Labute approximate surface area is 116 Å². The molecular weight excluding hydrogens is 258 g/mol. The van der Waals surface area contributed by atoms with Crippen LogP contribution in [0.2, 0.25) is 0 Å². The van der Waals surface area contributed by atoms with Crippen molar-refractivity contribution in [1.29, 1.82) is 0 Å². The molecule has 1 aliphatic rings. The lowest BCUT2D eigenvalue weighted by Gasteiger charge is -2.21. The number of hydrogen-bond acceptors (Lipinski definition) is 4. The fourth-order valence-electron chi connectivity index (χ4n) is 2.57. The number of aromatic nitrogens is 2. The fraction of sp³-hybridized carbons (Fsp3) is 0.429. The van der Waals surface area contributed by atoms with Crippen LogP contribution in [0, 0.1) is 0 Å². The van der Waals surface area contributed by atoms with Gasteiger partial charge in [0.1, 0.15) is 5.76 Å². The SMILES string of the molecule is O=C(c1ccc(Cn2cccn2)o1)N1CCC[C@@H]1CO. The van der Waals surface area contributed by atoms with Gasteiger partial charge in [0.15, 0.2) is 5.76 Å². The first-order chi connectivity index (χ1) is 9.78. The zero-order valence-electron chi connectivity index (χ0n) is 11.1. The van der Waals surface area contributed by atoms with Crippen molar-refractivity contribution >= 4 is 5.91 Å². The first kappa shape index (κ1) is 12.9. The van der Waals surface area contributed by atoms with Crippen LogP contribution in [0.15, 0.2) is 35.0 Å². The van der Waals surface area contributed by atoms with Crippen LogP contribution in [0.25, 0.3) is 0 Å². The quantitative estimate of drug-likeness (QED) is 0.907. The summed E-state index contributed by atoms with van der Waals surface area (Å²) in [5.41, 5.74) is 0. The van der Waals surface area contributed by atoms with E-state index in [1.165, 1.54) is 0 Å². The van der Waals surface area contributed by atoms with Crippen molar-refractivity contribution in [2.75, 3.05) is 13.2 Å². The molecule has 0 bridgehead atoms. The summed E-state index contributed by atoms with van der Waals surface area (Å²) in [5, 5.41) is 13.4. The number of carbonyl (C=O) groups excluding carboxylic acids is 1. The van der Waals surface area contributed by atoms with Gasteiger partial charge in [0, 0.05) is 18.9 Å². The molecule has 0 spiro atoms. The minimum absolute atomic E-state index is 0.00654. The Morgan fingerprint density at radius 2 is 2.40 bits per heavy atom. The summed E-state index contributed by atoms with van der Waals surface area (Å²) in [6, 6.07) is 5.24. The van der Waals surface area contributed by atoms with Gasteiger partial charge < -0.3 is 14.4 Å². The Balaban J connectivity index is 1.71. The number of hydrogen-bond donors (Lipinski definition) is 1. The molecule has 0 radical (unpaired) electrons. The molecule has 1 fully saturated rings. The van der Waals surface area contributed by atoms with Gasteiger partial charge in [-0.25, -0.2) is 0 Å². The number of aliphatic hydroxyl groups is 1. The molecule has 1 atom stereocenters. The molecule has 0 aliphatic carbocycles. The molecule has 1 saturated heterocycles. The smallest absolute Gasteiger partial charge is 0.289 e. The number of likely N-dealkylation sites (tertiary alicyclic amines) is 1. The molecule has 0 aromatic carbocycles. The van der Waals surface area contributed by atoms with E-state index in [4.69, 9.17) is 4.42 Å². The third-order valence-electron chi connectivity index (χ3n) is 3.60. The van der Waals surface area contributed by atoms with E-state index in [2.05, 4.69) is 5.10 Å². The summed E-state index contributed by atoms with van der Waals surface area (Å²) < 4.78 is 7.33. The summed E-state index contributed by atoms with van der Waals surface area (Å²) in [6.07, 6.45) is 5.32. The van der Waals surface area contributed by atoms with Gasteiger partial charge in [-0.1, -0.05) is 0 Å². The third-order valence-corrected chi connectivity index (χ3v) is 3.60. The number of furan rings is 1. The van der Waals surface area contributed by atoms with Crippen molar-refractivity contribution in [3.63, 3.8) is 0 Å². The second kappa shape index (κ2) is 5.50. The maximum atomic E-state index is 12.3. The minimum atomic E-state index is -0.145. The fourth-order valence-corrected chi connectivity index (χ4v) is 2.57. The molecule has 6 nitrogen and oxygen atoms in total. The minimum Gasteiger partial charge on any atom is -0.454 e. The van der Waals surface area contributed by atoms with Gasteiger partial charge in [-0.2, -0.15) is 5.10 Å². The lowest BCUT2D eigenvalue weighted by Crippen LogP contribution is -2.37. The maximum absolute atomic E-state index is 12.3. The van der Waals surface area contributed by atoms with Crippen molar-refractivity contribution in [3.05, 3.63) is 42.1 Å². The largest absolute Gasteiger partial charge is 0.454 e. The van der Waals surface area contributed by atoms with E-state index in [9.17, 15) is 9.90 Å². The van der Waals surface area contributed by atoms with Crippen LogP contribution in [0.3, 0.4) is 0 Å². The molecule has 3 heterocycles. The second-order valence-corrected chi connectivity index (χ2v) is 4.95. The van der Waals surface area contributed by atoms with Crippen LogP contribution in [0.4, 0.5) is 0 Å². The number of amides is 1. The first-order valence-electron chi connectivity index (χ1n) is 6.76. The van der Waals surface area contributed by atoms with E-state index in [1.54, 1.807) is 27.9 Å². The van der Waals surface area contributed by atoms with Crippen molar-refractivity contribution in [2.45, 2.75) is 25.4 Å². The molecule has 0 saturated carbocycles. The van der Waals surface area contributed by atoms with Crippen molar-refractivity contribution in [2.24, 2.45) is 0 Å². The van der Waals surface area contributed by atoms with Gasteiger partial charge in [0.2, 0.25) is 0 Å². The van der Waals surface area contributed by atoms with Gasteiger partial charge in [0.05, 0.1) is 19.2 Å². The summed E-state index contributed by atoms with van der Waals surface area (Å²) in [5.74, 6) is 0.873. The van der Waals surface area contributed by atoms with Gasteiger partial charge >= 0.3 is 0 Å². The molecule has 6 heteroatoms. The molecule has 1 amide bonds. The van der Waals surface area contributed by atoms with E-state index in [0.29, 0.717) is 24.6 Å². The Kier molecular flexibility index (Phi) is 3.56. The number of aliphatic hydroxyl groups excluding tert-OH is 1. The topological polar surface area (TPSA) is 71.5 Å². The van der Waals surface area contributed by atoms with E-state index in [0.717, 1.165) is 12.8 Å². The lowest BCUT2D eigenvalue weighted by atomic mass is 10.2. The van der Waals surface area contributed by atoms with Crippen LogP contribution in [0.5, 0.6) is 0 Å². The highest BCUT2D eigenvalue weighted by molar-refractivity contribution is 5.92. The second-order valence-electron chi connectivity index (χ2n) is 4.95. The first-order valence-corrected chi connectivity index (χ1v) is 6.76. The molecule has 1 aliphatic heterocycles. The highest BCUT2D eigenvalue weighted by Gasteiger charge is 2.30. The predicted octanol–water partition coefficient (Wildman–Crippen LogP) is 1.12. The zero-order chi connectivity index (χ0) is 13.9. The third kappa shape index (κ3) is 2.46. The molecule has 20 heavy (non-hydrogen) atoms. The zero-order valence-corrected chi connectivity index (χ0v) is 11.1. The average molecular weight is 275 g/mol. The average Bonchev–Trinajstić information content (AvgIpc) is 3.19. The van der Waals surface area contributed by atoms with Gasteiger partial charge in [-0.3, -0.25) is 9.48 Å². The van der Waals surface area contributed by atoms with E-state index < -0.39 is 0 Å². The highest BCUT2D eigenvalue weighted by atomic mass is 16.4. The van der Waals surface area contributed by atoms with Crippen LogP contribution in [0.1, 0.15) is 29.2 Å². The predicted molar refractivity (Wildman–Crippen MR) is 71.2 cm³/mol. The Morgan fingerprint density at radius 1 is 1.50 bits per heavy atom. The van der Waals surface area contributed by atoms with Crippen molar-refractivity contribution in [3.8, 4) is 0 Å². The van der Waals surface area contributed by atoms with Crippen LogP contribution in [-0.4, -0.2) is 44.9 Å². The van der Waals surface area contributed by atoms with Crippen molar-refractivity contribution in [1.82, 2.24) is 14.7 Å². The maximum Gasteiger partial charge on any atom is 0.289 e. The van der Waals surface area contributed by atoms with Crippen LogP contribution >= 0.6 is 0 Å². The van der Waals surface area contributed by atoms with Gasteiger partial charge in [0.25, 0.3) is 5.91 Å². The Morgan fingerprint density at radius 3 is 3.15 bits per heavy atom. The highest BCUT2D eigenvalue weighted by Crippen LogP contribution is 2.21. The van der Waals surface area contributed by atoms with Gasteiger partial charge in [-0.05, 0) is 31.0 Å². The van der Waals surface area contributed by atoms with Crippen LogP contribution < -0.4 is 0 Å². The Bertz CT molecular complexity index is 576. The van der Waals surface area contributed by atoms with E-state index >= 15 is 0 Å². The summed E-state index contributed by atoms with van der Waals surface area (Å²) >= 11 is 0. The summed E-state index contributed by atoms with van der Waals surface area (Å²) in [7, 11) is 0. The van der Waals surface area contributed by atoms with E-state index in [-0.39, 0.29) is 18.6 Å². The molecule has 0 unspecified atom stereocenters. The van der Waals surface area contributed by atoms with Crippen molar-refractivity contribution < 1.29 is 14.3 Å². The number of nitrogens with zero attached hydrogens (tertiary/aromatic N) is 3. The normalized spacial score (nSPS) is 18.6. The molecular formula is C14H17N3O3. The summed E-state index contributed by atoms with van der Waals surface area (Å²) in [6.45, 7) is 1.19. The van der Waals surface area contributed by atoms with E-state index in [1.807, 2.05) is 12.3 Å². The van der Waals surface area contributed by atoms with Gasteiger partial charge in [-0.15, -0.1) is 0 Å².